The van der Waals surface area contributed by atoms with Crippen molar-refractivity contribution in [1.29, 1.82) is 0 Å². The molecule has 2 fully saturated rings. The maximum absolute atomic E-state index is 12.7. The zero-order valence-electron chi connectivity index (χ0n) is 17.0. The Balaban J connectivity index is 1.63. The number of rotatable bonds is 9. The summed E-state index contributed by atoms with van der Waals surface area (Å²) < 4.78 is 32.0. The van der Waals surface area contributed by atoms with Crippen molar-refractivity contribution in [3.8, 4) is 0 Å². The van der Waals surface area contributed by atoms with Crippen LogP contribution in [0.2, 0.25) is 0 Å². The third-order valence-electron chi connectivity index (χ3n) is 5.39. The Morgan fingerprint density at radius 2 is 1.76 bits per heavy atom. The summed E-state index contributed by atoms with van der Waals surface area (Å²) >= 11 is 0. The number of piperidine rings is 1. The zero-order valence-corrected chi connectivity index (χ0v) is 17.8. The summed E-state index contributed by atoms with van der Waals surface area (Å²) in [5.74, 6) is -0.0773. The average molecular weight is 423 g/mol. The number of carbonyl (C=O) groups excluding carboxylic acids is 2. The molecule has 0 N–H and O–H groups in total. The molecule has 29 heavy (non-hydrogen) atoms. The minimum absolute atomic E-state index is 0.0371. The van der Waals surface area contributed by atoms with E-state index < -0.39 is 16.0 Å². The first-order chi connectivity index (χ1) is 13.9. The molecule has 160 valence electrons. The third kappa shape index (κ3) is 6.02. The molecule has 1 saturated heterocycles. The van der Waals surface area contributed by atoms with E-state index in [0.29, 0.717) is 25.6 Å². The lowest BCUT2D eigenvalue weighted by molar-refractivity contribution is -0.148. The topological polar surface area (TPSA) is 84.0 Å². The fourth-order valence-corrected chi connectivity index (χ4v) is 5.07. The molecule has 0 bridgehead atoms. The van der Waals surface area contributed by atoms with Crippen LogP contribution in [0.3, 0.4) is 0 Å². The highest BCUT2D eigenvalue weighted by Gasteiger charge is 2.29. The molecule has 1 saturated carbocycles. The Morgan fingerprint density at radius 3 is 2.34 bits per heavy atom. The molecule has 1 aliphatic heterocycles. The highest BCUT2D eigenvalue weighted by atomic mass is 32.2. The van der Waals surface area contributed by atoms with Gasteiger partial charge in [-0.3, -0.25) is 9.59 Å². The minimum atomic E-state index is -3.48. The molecule has 0 radical (unpaired) electrons. The van der Waals surface area contributed by atoms with Crippen molar-refractivity contribution in [2.45, 2.75) is 50.3 Å². The van der Waals surface area contributed by atoms with Gasteiger partial charge in [-0.25, -0.2) is 8.42 Å². The molecule has 2 aliphatic rings. The number of hydrogen-bond donors (Lipinski definition) is 0. The Morgan fingerprint density at radius 1 is 1.10 bits per heavy atom. The molecule has 0 spiro atoms. The smallest absolute Gasteiger partial charge is 0.325 e. The SMILES string of the molecule is CCOC(=O)CN(CC1CC1)C(=O)Cc1ccc(S(=O)(=O)N2CCCCC2)cc1. The van der Waals surface area contributed by atoms with Gasteiger partial charge in [0.2, 0.25) is 15.9 Å². The Bertz CT molecular complexity index is 812. The number of carbonyl (C=O) groups is 2. The van der Waals surface area contributed by atoms with Gasteiger partial charge in [-0.05, 0) is 56.2 Å². The van der Waals surface area contributed by atoms with Gasteiger partial charge in [0.25, 0.3) is 0 Å². The summed E-state index contributed by atoms with van der Waals surface area (Å²) in [7, 11) is -3.48. The molecule has 1 heterocycles. The highest BCUT2D eigenvalue weighted by Crippen LogP contribution is 2.30. The van der Waals surface area contributed by atoms with E-state index in [0.717, 1.165) is 37.7 Å². The first-order valence-corrected chi connectivity index (χ1v) is 11.9. The van der Waals surface area contributed by atoms with E-state index in [1.54, 1.807) is 36.1 Å². The van der Waals surface area contributed by atoms with Crippen molar-refractivity contribution in [3.05, 3.63) is 29.8 Å². The van der Waals surface area contributed by atoms with Gasteiger partial charge in [0.1, 0.15) is 6.54 Å². The van der Waals surface area contributed by atoms with Crippen LogP contribution in [0, 0.1) is 5.92 Å². The van der Waals surface area contributed by atoms with E-state index >= 15 is 0 Å². The summed E-state index contributed by atoms with van der Waals surface area (Å²) in [4.78, 5) is 26.4. The molecule has 0 atom stereocenters. The van der Waals surface area contributed by atoms with E-state index in [4.69, 9.17) is 4.74 Å². The van der Waals surface area contributed by atoms with Crippen LogP contribution in [0.1, 0.15) is 44.6 Å². The van der Waals surface area contributed by atoms with Gasteiger partial charge in [0, 0.05) is 19.6 Å². The molecule has 8 heteroatoms. The Labute approximate surface area is 173 Å². The first-order valence-electron chi connectivity index (χ1n) is 10.4. The van der Waals surface area contributed by atoms with Crippen molar-refractivity contribution in [2.75, 3.05) is 32.8 Å². The highest BCUT2D eigenvalue weighted by molar-refractivity contribution is 7.89. The van der Waals surface area contributed by atoms with Gasteiger partial charge in [-0.2, -0.15) is 4.31 Å². The van der Waals surface area contributed by atoms with Crippen LogP contribution in [0.5, 0.6) is 0 Å². The van der Waals surface area contributed by atoms with Gasteiger partial charge in [-0.1, -0.05) is 18.6 Å². The number of amides is 1. The van der Waals surface area contributed by atoms with E-state index in [1.165, 1.54) is 4.31 Å². The second-order valence-electron chi connectivity index (χ2n) is 7.81. The molecule has 3 rings (SSSR count). The number of benzene rings is 1. The number of ether oxygens (including phenoxy) is 1. The quantitative estimate of drug-likeness (QED) is 0.570. The third-order valence-corrected chi connectivity index (χ3v) is 7.30. The van der Waals surface area contributed by atoms with Crippen molar-refractivity contribution >= 4 is 21.9 Å². The lowest BCUT2D eigenvalue weighted by Gasteiger charge is -2.26. The monoisotopic (exact) mass is 422 g/mol. The zero-order chi connectivity index (χ0) is 20.9. The van der Waals surface area contributed by atoms with Crippen LogP contribution < -0.4 is 0 Å². The lowest BCUT2D eigenvalue weighted by Crippen LogP contribution is -2.39. The fraction of sp³-hybridized carbons (Fsp3) is 0.619. The summed E-state index contributed by atoms with van der Waals surface area (Å²) in [6.07, 6.45) is 5.14. The van der Waals surface area contributed by atoms with E-state index in [2.05, 4.69) is 0 Å². The van der Waals surface area contributed by atoms with Crippen LogP contribution in [0.25, 0.3) is 0 Å². The standard InChI is InChI=1S/C21H30N2O5S/c1-2-28-21(25)16-22(15-18-6-7-18)20(24)14-17-8-10-19(11-9-17)29(26,27)23-12-4-3-5-13-23/h8-11,18H,2-7,12-16H2,1H3. The molecule has 0 unspecified atom stereocenters. The van der Waals surface area contributed by atoms with Crippen molar-refractivity contribution in [2.24, 2.45) is 5.92 Å². The van der Waals surface area contributed by atoms with Crippen LogP contribution >= 0.6 is 0 Å². The predicted molar refractivity (Wildman–Crippen MR) is 109 cm³/mol. The largest absolute Gasteiger partial charge is 0.465 e. The van der Waals surface area contributed by atoms with Gasteiger partial charge in [0.15, 0.2) is 0 Å². The molecule has 1 aliphatic carbocycles. The molecule has 1 aromatic carbocycles. The molecular weight excluding hydrogens is 392 g/mol. The lowest BCUT2D eigenvalue weighted by atomic mass is 10.1. The fourth-order valence-electron chi connectivity index (χ4n) is 3.55. The van der Waals surface area contributed by atoms with Gasteiger partial charge < -0.3 is 9.64 Å². The van der Waals surface area contributed by atoms with Crippen molar-refractivity contribution < 1.29 is 22.7 Å². The Kier molecular flexibility index (Phi) is 7.29. The second-order valence-corrected chi connectivity index (χ2v) is 9.75. The van der Waals surface area contributed by atoms with Crippen LogP contribution in [0.15, 0.2) is 29.2 Å². The molecule has 1 aromatic rings. The van der Waals surface area contributed by atoms with Gasteiger partial charge in [0.05, 0.1) is 17.9 Å². The molecule has 7 nitrogen and oxygen atoms in total. The maximum atomic E-state index is 12.7. The molecular formula is C21H30N2O5S. The molecule has 0 aromatic heterocycles. The molecule has 1 amide bonds. The van der Waals surface area contributed by atoms with Crippen molar-refractivity contribution in [1.82, 2.24) is 9.21 Å². The predicted octanol–water partition coefficient (Wildman–Crippen LogP) is 2.21. The van der Waals surface area contributed by atoms with E-state index in [1.807, 2.05) is 0 Å². The number of sulfonamides is 1. The summed E-state index contributed by atoms with van der Waals surface area (Å²) in [6.45, 7) is 3.68. The van der Waals surface area contributed by atoms with Crippen molar-refractivity contribution in [3.63, 3.8) is 0 Å². The van der Waals surface area contributed by atoms with Gasteiger partial charge >= 0.3 is 5.97 Å². The average Bonchev–Trinajstić information content (AvgIpc) is 3.53. The van der Waals surface area contributed by atoms with Crippen LogP contribution in [-0.2, 0) is 30.8 Å². The number of nitrogens with zero attached hydrogens (tertiary/aromatic N) is 2. The second kappa shape index (κ2) is 9.71. The van der Waals surface area contributed by atoms with E-state index in [9.17, 15) is 18.0 Å². The summed E-state index contributed by atoms with van der Waals surface area (Å²) in [6, 6.07) is 6.52. The maximum Gasteiger partial charge on any atom is 0.325 e. The van der Waals surface area contributed by atoms with Crippen LogP contribution in [0.4, 0.5) is 0 Å². The first kappa shape index (κ1) is 21.8. The number of esters is 1. The summed E-state index contributed by atoms with van der Waals surface area (Å²) in [5.41, 5.74) is 0.734. The minimum Gasteiger partial charge on any atom is -0.465 e. The van der Waals surface area contributed by atoms with Gasteiger partial charge in [-0.15, -0.1) is 0 Å². The van der Waals surface area contributed by atoms with E-state index in [-0.39, 0.29) is 30.4 Å². The normalized spacial score (nSPS) is 17.7. The summed E-state index contributed by atoms with van der Waals surface area (Å²) in [5, 5.41) is 0. The van der Waals surface area contributed by atoms with Crippen LogP contribution in [-0.4, -0.2) is 62.3 Å². The Hall–Kier alpha value is -1.93. The number of hydrogen-bond acceptors (Lipinski definition) is 5.